The van der Waals surface area contributed by atoms with Crippen LogP contribution in [0.5, 0.6) is 0 Å². The lowest BCUT2D eigenvalue weighted by Gasteiger charge is -2.32. The van der Waals surface area contributed by atoms with Gasteiger partial charge >= 0.3 is 12.1 Å². The predicted molar refractivity (Wildman–Crippen MR) is 129 cm³/mol. The van der Waals surface area contributed by atoms with E-state index in [1.54, 1.807) is 25.7 Å². The quantitative estimate of drug-likeness (QED) is 0.376. The van der Waals surface area contributed by atoms with Gasteiger partial charge in [0.1, 0.15) is 5.60 Å². The summed E-state index contributed by atoms with van der Waals surface area (Å²) < 4.78 is 5.16. The van der Waals surface area contributed by atoms with Gasteiger partial charge in [0.2, 0.25) is 11.8 Å². The van der Waals surface area contributed by atoms with E-state index in [0.717, 1.165) is 38.5 Å². The number of rotatable bonds is 9. The molecule has 0 aromatic heterocycles. The van der Waals surface area contributed by atoms with Crippen LogP contribution in [0.4, 0.5) is 9.59 Å². The molecule has 1 saturated carbocycles. The number of carbonyl (C=O) groups is 4. The van der Waals surface area contributed by atoms with Crippen molar-refractivity contribution >= 4 is 23.9 Å². The van der Waals surface area contributed by atoms with Crippen molar-refractivity contribution in [2.45, 2.75) is 90.2 Å². The molecule has 1 aliphatic heterocycles. The number of amides is 5. The molecule has 1 saturated heterocycles. The van der Waals surface area contributed by atoms with Gasteiger partial charge in [0.05, 0.1) is 5.92 Å². The summed E-state index contributed by atoms with van der Waals surface area (Å²) in [7, 11) is 0. The highest BCUT2D eigenvalue weighted by Crippen LogP contribution is 2.18. The van der Waals surface area contributed by atoms with Crippen molar-refractivity contribution in [1.29, 1.82) is 0 Å². The standard InChI is InChI=1S/C24H43N5O5/c1-24(2,3)34-23(33)27-15-14-25-21(31)18-9-8-16-29(17-18)20(30)12-7-13-26-22(32)28-19-10-5-4-6-11-19/h18-19H,4-17H2,1-3H3,(H,25,31)(H,27,33)(H2,26,28,32). The van der Waals surface area contributed by atoms with Crippen molar-refractivity contribution in [1.82, 2.24) is 26.2 Å². The first-order valence-electron chi connectivity index (χ1n) is 12.7. The average molecular weight is 482 g/mol. The number of hydrogen-bond acceptors (Lipinski definition) is 5. The van der Waals surface area contributed by atoms with Gasteiger partial charge in [-0.3, -0.25) is 9.59 Å². The highest BCUT2D eigenvalue weighted by Gasteiger charge is 2.28. The maximum Gasteiger partial charge on any atom is 0.407 e. The Kier molecular flexibility index (Phi) is 11.4. The van der Waals surface area contributed by atoms with Crippen LogP contribution in [0.15, 0.2) is 0 Å². The minimum Gasteiger partial charge on any atom is -0.444 e. The second-order valence-electron chi connectivity index (χ2n) is 10.2. The molecule has 34 heavy (non-hydrogen) atoms. The summed E-state index contributed by atoms with van der Waals surface area (Å²) in [6.45, 7) is 7.45. The van der Waals surface area contributed by atoms with Crippen molar-refractivity contribution in [3.8, 4) is 0 Å². The van der Waals surface area contributed by atoms with E-state index in [1.165, 1.54) is 6.42 Å². The van der Waals surface area contributed by atoms with Crippen molar-refractivity contribution in [2.24, 2.45) is 5.92 Å². The van der Waals surface area contributed by atoms with Crippen LogP contribution in [-0.2, 0) is 14.3 Å². The molecule has 194 valence electrons. The summed E-state index contributed by atoms with van der Waals surface area (Å²) in [6, 6.07) is 0.107. The average Bonchev–Trinajstić information content (AvgIpc) is 2.79. The summed E-state index contributed by atoms with van der Waals surface area (Å²) in [4.78, 5) is 50.4. The van der Waals surface area contributed by atoms with Crippen LogP contribution in [0.25, 0.3) is 0 Å². The predicted octanol–water partition coefficient (Wildman–Crippen LogP) is 2.28. The molecule has 0 bridgehead atoms. The SMILES string of the molecule is CC(C)(C)OC(=O)NCCNC(=O)C1CCCN(C(=O)CCCNC(=O)NC2CCCCC2)C1. The summed E-state index contributed by atoms with van der Waals surface area (Å²) in [5, 5.41) is 11.3. The normalized spacial score (nSPS) is 19.1. The minimum atomic E-state index is -0.567. The van der Waals surface area contributed by atoms with Gasteiger partial charge in [-0.15, -0.1) is 0 Å². The van der Waals surface area contributed by atoms with Crippen molar-refractivity contribution < 1.29 is 23.9 Å². The lowest BCUT2D eigenvalue weighted by Crippen LogP contribution is -2.47. The Morgan fingerprint density at radius 3 is 2.29 bits per heavy atom. The van der Waals surface area contributed by atoms with E-state index in [2.05, 4.69) is 21.3 Å². The number of ether oxygens (including phenoxy) is 1. The number of carbonyl (C=O) groups excluding carboxylic acids is 4. The molecule has 2 fully saturated rings. The Morgan fingerprint density at radius 1 is 0.882 bits per heavy atom. The number of nitrogens with zero attached hydrogens (tertiary/aromatic N) is 1. The fourth-order valence-corrected chi connectivity index (χ4v) is 4.31. The van der Waals surface area contributed by atoms with E-state index < -0.39 is 11.7 Å². The summed E-state index contributed by atoms with van der Waals surface area (Å²) >= 11 is 0. The van der Waals surface area contributed by atoms with Crippen LogP contribution in [0.1, 0.15) is 78.6 Å². The lowest BCUT2D eigenvalue weighted by molar-refractivity contribution is -0.135. The molecule has 2 aliphatic rings. The molecule has 10 nitrogen and oxygen atoms in total. The van der Waals surface area contributed by atoms with E-state index in [1.807, 2.05) is 0 Å². The Bertz CT molecular complexity index is 688. The van der Waals surface area contributed by atoms with Gasteiger partial charge in [-0.1, -0.05) is 19.3 Å². The molecule has 1 atom stereocenters. The van der Waals surface area contributed by atoms with Crippen molar-refractivity contribution in [3.63, 3.8) is 0 Å². The zero-order valence-electron chi connectivity index (χ0n) is 21.0. The van der Waals surface area contributed by atoms with Gasteiger partial charge in [0.15, 0.2) is 0 Å². The second-order valence-corrected chi connectivity index (χ2v) is 10.2. The molecular formula is C24H43N5O5. The van der Waals surface area contributed by atoms with E-state index in [0.29, 0.717) is 39.0 Å². The van der Waals surface area contributed by atoms with Crippen LogP contribution in [0.2, 0.25) is 0 Å². The summed E-state index contributed by atoms with van der Waals surface area (Å²) in [6.07, 6.45) is 7.56. The first kappa shape index (κ1) is 27.7. The van der Waals surface area contributed by atoms with E-state index >= 15 is 0 Å². The molecule has 0 aromatic carbocycles. The van der Waals surface area contributed by atoms with Gasteiger partial charge in [-0.2, -0.15) is 0 Å². The molecular weight excluding hydrogens is 438 g/mol. The van der Waals surface area contributed by atoms with Crippen LogP contribution in [0.3, 0.4) is 0 Å². The Morgan fingerprint density at radius 2 is 1.59 bits per heavy atom. The number of piperidine rings is 1. The minimum absolute atomic E-state index is 0.0126. The zero-order valence-corrected chi connectivity index (χ0v) is 21.0. The topological polar surface area (TPSA) is 129 Å². The van der Waals surface area contributed by atoms with E-state index in [4.69, 9.17) is 4.74 Å². The van der Waals surface area contributed by atoms with Crippen LogP contribution in [-0.4, -0.2) is 73.2 Å². The number of hydrogen-bond donors (Lipinski definition) is 4. The Hall–Kier alpha value is -2.52. The third-order valence-electron chi connectivity index (χ3n) is 6.03. The van der Waals surface area contributed by atoms with Gasteiger partial charge < -0.3 is 30.9 Å². The van der Waals surface area contributed by atoms with Crippen LogP contribution < -0.4 is 21.3 Å². The molecule has 4 N–H and O–H groups in total. The Labute approximate surface area is 203 Å². The summed E-state index contributed by atoms with van der Waals surface area (Å²) in [5.41, 5.74) is -0.567. The first-order chi connectivity index (χ1) is 16.1. The van der Waals surface area contributed by atoms with E-state index in [9.17, 15) is 19.2 Å². The molecule has 0 radical (unpaired) electrons. The fraction of sp³-hybridized carbons (Fsp3) is 0.833. The van der Waals surface area contributed by atoms with Gasteiger partial charge in [0, 0.05) is 45.2 Å². The van der Waals surface area contributed by atoms with Crippen LogP contribution in [0, 0.1) is 5.92 Å². The highest BCUT2D eigenvalue weighted by atomic mass is 16.6. The maximum atomic E-state index is 12.6. The Balaban J connectivity index is 1.58. The largest absolute Gasteiger partial charge is 0.444 e. The number of nitrogens with one attached hydrogen (secondary N) is 4. The zero-order chi connectivity index (χ0) is 25.0. The maximum absolute atomic E-state index is 12.6. The molecule has 5 amide bonds. The molecule has 1 aliphatic carbocycles. The summed E-state index contributed by atoms with van der Waals surface area (Å²) in [5.74, 6) is -0.346. The monoisotopic (exact) mass is 481 g/mol. The smallest absolute Gasteiger partial charge is 0.407 e. The number of alkyl carbamates (subject to hydrolysis) is 1. The van der Waals surface area contributed by atoms with Gasteiger partial charge in [0.25, 0.3) is 0 Å². The second kappa shape index (κ2) is 14.0. The third-order valence-corrected chi connectivity index (χ3v) is 6.03. The number of urea groups is 1. The van der Waals surface area contributed by atoms with Crippen molar-refractivity contribution in [2.75, 3.05) is 32.7 Å². The van der Waals surface area contributed by atoms with Crippen molar-refractivity contribution in [3.05, 3.63) is 0 Å². The molecule has 1 unspecified atom stereocenters. The van der Waals surface area contributed by atoms with Crippen LogP contribution >= 0.6 is 0 Å². The molecule has 0 spiro atoms. The van der Waals surface area contributed by atoms with Gasteiger partial charge in [-0.25, -0.2) is 9.59 Å². The molecule has 1 heterocycles. The molecule has 2 rings (SSSR count). The first-order valence-corrected chi connectivity index (χ1v) is 12.7. The lowest BCUT2D eigenvalue weighted by atomic mass is 9.96. The fourth-order valence-electron chi connectivity index (χ4n) is 4.31. The molecule has 10 heteroatoms. The van der Waals surface area contributed by atoms with E-state index in [-0.39, 0.29) is 36.3 Å². The third kappa shape index (κ3) is 11.1. The molecule has 0 aromatic rings. The highest BCUT2D eigenvalue weighted by molar-refractivity contribution is 5.81. The number of likely N-dealkylation sites (tertiary alicyclic amines) is 1. The van der Waals surface area contributed by atoms with Gasteiger partial charge in [-0.05, 0) is 52.9 Å².